The zero-order valence-electron chi connectivity index (χ0n) is 9.91. The molecule has 0 aliphatic carbocycles. The molecule has 1 N–H and O–H groups in total. The van der Waals surface area contributed by atoms with E-state index in [2.05, 4.69) is 5.32 Å². The Balaban J connectivity index is 2.21. The topological polar surface area (TPSA) is 29.1 Å². The van der Waals surface area contributed by atoms with Crippen LogP contribution in [0.15, 0.2) is 42.5 Å². The third kappa shape index (κ3) is 1.70. The van der Waals surface area contributed by atoms with Crippen molar-refractivity contribution < 1.29 is 4.79 Å². The molecule has 2 nitrogen and oxygen atoms in total. The van der Waals surface area contributed by atoms with Gasteiger partial charge in [-0.15, -0.1) is 0 Å². The molecule has 2 aromatic rings. The average molecular weight is 258 g/mol. The summed E-state index contributed by atoms with van der Waals surface area (Å²) in [5.41, 5.74) is 4.08. The SMILES string of the molecule is CC1C(=O)Nc2cccc(-c3cccc(Cl)c3)c21. The molecular formula is C15H12ClNO. The molecule has 1 aliphatic rings. The number of benzene rings is 2. The zero-order chi connectivity index (χ0) is 12.7. The van der Waals surface area contributed by atoms with Crippen LogP contribution in [0.2, 0.25) is 5.02 Å². The number of amides is 1. The minimum Gasteiger partial charge on any atom is -0.325 e. The maximum atomic E-state index is 11.7. The van der Waals surface area contributed by atoms with Gasteiger partial charge in [-0.1, -0.05) is 35.9 Å². The Morgan fingerprint density at radius 3 is 2.72 bits per heavy atom. The first kappa shape index (κ1) is 11.3. The van der Waals surface area contributed by atoms with Crippen molar-refractivity contribution in [3.63, 3.8) is 0 Å². The summed E-state index contributed by atoms with van der Waals surface area (Å²) in [4.78, 5) is 11.7. The van der Waals surface area contributed by atoms with E-state index in [-0.39, 0.29) is 11.8 Å². The molecule has 1 aliphatic heterocycles. The number of nitrogens with one attached hydrogen (secondary N) is 1. The smallest absolute Gasteiger partial charge is 0.231 e. The highest BCUT2D eigenvalue weighted by Gasteiger charge is 2.29. The number of halogens is 1. The van der Waals surface area contributed by atoms with Gasteiger partial charge in [-0.25, -0.2) is 0 Å². The number of rotatable bonds is 1. The molecule has 1 heterocycles. The van der Waals surface area contributed by atoms with E-state index in [1.54, 1.807) is 0 Å². The Hall–Kier alpha value is -1.80. The third-order valence-electron chi connectivity index (χ3n) is 3.33. The molecule has 0 spiro atoms. The fourth-order valence-corrected chi connectivity index (χ4v) is 2.61. The van der Waals surface area contributed by atoms with Gasteiger partial charge in [0.2, 0.25) is 5.91 Å². The van der Waals surface area contributed by atoms with Crippen LogP contribution in [-0.2, 0) is 4.79 Å². The normalized spacial score (nSPS) is 17.4. The molecule has 3 rings (SSSR count). The lowest BCUT2D eigenvalue weighted by Crippen LogP contribution is -2.08. The van der Waals surface area contributed by atoms with E-state index in [0.29, 0.717) is 5.02 Å². The van der Waals surface area contributed by atoms with Crippen molar-refractivity contribution in [3.05, 3.63) is 53.1 Å². The second kappa shape index (κ2) is 4.14. The number of carbonyl (C=O) groups is 1. The van der Waals surface area contributed by atoms with E-state index in [0.717, 1.165) is 22.4 Å². The molecule has 2 aromatic carbocycles. The van der Waals surface area contributed by atoms with E-state index in [1.165, 1.54) is 0 Å². The molecule has 1 unspecified atom stereocenters. The lowest BCUT2D eigenvalue weighted by molar-refractivity contribution is -0.116. The highest BCUT2D eigenvalue weighted by atomic mass is 35.5. The van der Waals surface area contributed by atoms with Crippen molar-refractivity contribution in [3.8, 4) is 11.1 Å². The second-order valence-corrected chi connectivity index (χ2v) is 4.92. The van der Waals surface area contributed by atoms with Crippen molar-refractivity contribution in [2.45, 2.75) is 12.8 Å². The van der Waals surface area contributed by atoms with Crippen molar-refractivity contribution in [1.82, 2.24) is 0 Å². The van der Waals surface area contributed by atoms with Gasteiger partial charge in [0.15, 0.2) is 0 Å². The Morgan fingerprint density at radius 2 is 1.94 bits per heavy atom. The molecule has 0 bridgehead atoms. The molecule has 0 saturated carbocycles. The Morgan fingerprint density at radius 1 is 1.17 bits per heavy atom. The standard InChI is InChI=1S/C15H12ClNO/c1-9-14-12(10-4-2-5-11(16)8-10)6-3-7-13(14)17-15(9)18/h2-9H,1H3,(H,17,18). The van der Waals surface area contributed by atoms with Gasteiger partial charge < -0.3 is 5.32 Å². The van der Waals surface area contributed by atoms with Crippen LogP contribution >= 0.6 is 11.6 Å². The average Bonchev–Trinajstić information content (AvgIpc) is 2.65. The third-order valence-corrected chi connectivity index (χ3v) is 3.56. The maximum absolute atomic E-state index is 11.7. The molecule has 0 radical (unpaired) electrons. The van der Waals surface area contributed by atoms with Crippen LogP contribution in [0, 0.1) is 0 Å². The summed E-state index contributed by atoms with van der Waals surface area (Å²) >= 11 is 6.03. The predicted octanol–water partition coefficient (Wildman–Crippen LogP) is 4.06. The zero-order valence-corrected chi connectivity index (χ0v) is 10.7. The maximum Gasteiger partial charge on any atom is 0.231 e. The first-order chi connectivity index (χ1) is 8.66. The predicted molar refractivity (Wildman–Crippen MR) is 73.9 cm³/mol. The number of fused-ring (bicyclic) bond motifs is 1. The van der Waals surface area contributed by atoms with Crippen LogP contribution in [0.25, 0.3) is 11.1 Å². The quantitative estimate of drug-likeness (QED) is 0.820. The van der Waals surface area contributed by atoms with Crippen molar-refractivity contribution in [2.75, 3.05) is 5.32 Å². The Bertz CT molecular complexity index is 636. The van der Waals surface area contributed by atoms with Crippen LogP contribution < -0.4 is 5.32 Å². The molecule has 1 amide bonds. The largest absolute Gasteiger partial charge is 0.325 e. The molecular weight excluding hydrogens is 246 g/mol. The van der Waals surface area contributed by atoms with Crippen molar-refractivity contribution in [1.29, 1.82) is 0 Å². The highest BCUT2D eigenvalue weighted by molar-refractivity contribution is 6.30. The van der Waals surface area contributed by atoms with Crippen LogP contribution in [0.4, 0.5) is 5.69 Å². The molecule has 0 aromatic heterocycles. The van der Waals surface area contributed by atoms with Gasteiger partial charge >= 0.3 is 0 Å². The fourth-order valence-electron chi connectivity index (χ4n) is 2.42. The summed E-state index contributed by atoms with van der Waals surface area (Å²) in [5, 5.41) is 3.60. The Kier molecular flexibility index (Phi) is 2.60. The first-order valence-electron chi connectivity index (χ1n) is 5.86. The summed E-state index contributed by atoms with van der Waals surface area (Å²) in [6.45, 7) is 1.93. The van der Waals surface area contributed by atoms with Crippen LogP contribution in [0.1, 0.15) is 18.4 Å². The second-order valence-electron chi connectivity index (χ2n) is 4.49. The number of carbonyl (C=O) groups excluding carboxylic acids is 1. The van der Waals surface area contributed by atoms with Gasteiger partial charge in [-0.05, 0) is 41.8 Å². The minimum atomic E-state index is -0.116. The van der Waals surface area contributed by atoms with Gasteiger partial charge in [0, 0.05) is 10.7 Å². The highest BCUT2D eigenvalue weighted by Crippen LogP contribution is 2.40. The van der Waals surface area contributed by atoms with Crippen LogP contribution in [0.3, 0.4) is 0 Å². The van der Waals surface area contributed by atoms with E-state index in [9.17, 15) is 4.79 Å². The first-order valence-corrected chi connectivity index (χ1v) is 6.24. The summed E-state index contributed by atoms with van der Waals surface area (Å²) in [5.74, 6) is -0.0605. The van der Waals surface area contributed by atoms with Crippen LogP contribution in [-0.4, -0.2) is 5.91 Å². The summed E-state index contributed by atoms with van der Waals surface area (Å²) in [6.07, 6.45) is 0. The molecule has 0 saturated heterocycles. The summed E-state index contributed by atoms with van der Waals surface area (Å²) in [7, 11) is 0. The van der Waals surface area contributed by atoms with Gasteiger partial charge in [0.25, 0.3) is 0 Å². The number of hydrogen-bond donors (Lipinski definition) is 1. The molecule has 0 fully saturated rings. The fraction of sp³-hybridized carbons (Fsp3) is 0.133. The van der Waals surface area contributed by atoms with Crippen molar-refractivity contribution in [2.24, 2.45) is 0 Å². The van der Waals surface area contributed by atoms with Gasteiger partial charge in [0.1, 0.15) is 0 Å². The van der Waals surface area contributed by atoms with E-state index >= 15 is 0 Å². The van der Waals surface area contributed by atoms with Gasteiger partial charge in [0.05, 0.1) is 5.92 Å². The van der Waals surface area contributed by atoms with E-state index in [1.807, 2.05) is 49.4 Å². The summed E-state index contributed by atoms with van der Waals surface area (Å²) < 4.78 is 0. The van der Waals surface area contributed by atoms with E-state index in [4.69, 9.17) is 11.6 Å². The van der Waals surface area contributed by atoms with E-state index < -0.39 is 0 Å². The lowest BCUT2D eigenvalue weighted by Gasteiger charge is -2.10. The van der Waals surface area contributed by atoms with Crippen LogP contribution in [0.5, 0.6) is 0 Å². The number of hydrogen-bond acceptors (Lipinski definition) is 1. The monoisotopic (exact) mass is 257 g/mol. The number of anilines is 1. The van der Waals surface area contributed by atoms with Gasteiger partial charge in [-0.2, -0.15) is 0 Å². The Labute approximate surface area is 111 Å². The molecule has 18 heavy (non-hydrogen) atoms. The molecule has 1 atom stereocenters. The minimum absolute atomic E-state index is 0.0551. The summed E-state index contributed by atoms with van der Waals surface area (Å²) in [6, 6.07) is 13.6. The lowest BCUT2D eigenvalue weighted by atomic mass is 9.92. The van der Waals surface area contributed by atoms with Gasteiger partial charge in [-0.3, -0.25) is 4.79 Å². The molecule has 3 heteroatoms. The molecule has 90 valence electrons. The van der Waals surface area contributed by atoms with Crippen molar-refractivity contribution >= 4 is 23.2 Å².